The Kier molecular flexibility index (Phi) is 6.08. The number of aryl methyl sites for hydroxylation is 1. The number of carbonyl (C=O) groups is 3. The second-order valence-electron chi connectivity index (χ2n) is 9.42. The third-order valence-corrected chi connectivity index (χ3v) is 6.93. The van der Waals surface area contributed by atoms with E-state index in [9.17, 15) is 14.4 Å². The van der Waals surface area contributed by atoms with Crippen molar-refractivity contribution in [3.8, 4) is 0 Å². The van der Waals surface area contributed by atoms with E-state index in [0.29, 0.717) is 24.2 Å². The quantitative estimate of drug-likeness (QED) is 0.525. The highest BCUT2D eigenvalue weighted by Gasteiger charge is 2.42. The molecule has 0 bridgehead atoms. The molecule has 0 fully saturated rings. The number of rotatable bonds is 4. The lowest BCUT2D eigenvalue weighted by Gasteiger charge is -2.40. The molecule has 3 aromatic rings. The Labute approximate surface area is 205 Å². The van der Waals surface area contributed by atoms with E-state index < -0.39 is 0 Å². The van der Waals surface area contributed by atoms with Crippen LogP contribution in [0, 0.1) is 6.92 Å². The number of Topliss-reactive ketones (excluding diaryl/α,β-unsaturated/α-hetero) is 1. The maximum Gasteiger partial charge on any atom is 0.232 e. The lowest BCUT2D eigenvalue weighted by molar-refractivity contribution is -0.120. The summed E-state index contributed by atoms with van der Waals surface area (Å²) < 4.78 is 0. The minimum absolute atomic E-state index is 0.0215. The summed E-state index contributed by atoms with van der Waals surface area (Å²) in [6.45, 7) is 3.49. The molecule has 1 heterocycles. The number of benzene rings is 3. The Hall–Kier alpha value is -3.99. The van der Waals surface area contributed by atoms with Crippen LogP contribution in [-0.2, 0) is 14.4 Å². The van der Waals surface area contributed by atoms with Gasteiger partial charge in [-0.15, -0.1) is 0 Å². The van der Waals surface area contributed by atoms with Crippen molar-refractivity contribution in [2.45, 2.75) is 44.9 Å². The minimum Gasteiger partial charge on any atom is -0.326 e. The van der Waals surface area contributed by atoms with E-state index in [0.717, 1.165) is 28.0 Å². The molecular formula is C30H28N2O3. The van der Waals surface area contributed by atoms with E-state index in [2.05, 4.69) is 17.4 Å². The molecule has 5 nitrogen and oxygen atoms in total. The topological polar surface area (TPSA) is 66.5 Å². The van der Waals surface area contributed by atoms with Crippen molar-refractivity contribution in [3.63, 3.8) is 0 Å². The SMILES string of the molecule is CC(=O)Nc1ccc(N2C(=O)CC(c3ccc(C)cc3)C3=C2CC(c2ccccc2)CC3=O)cc1. The van der Waals surface area contributed by atoms with Gasteiger partial charge in [-0.2, -0.15) is 0 Å². The van der Waals surface area contributed by atoms with E-state index in [1.807, 2.05) is 61.5 Å². The van der Waals surface area contributed by atoms with E-state index in [1.54, 1.807) is 17.0 Å². The lowest BCUT2D eigenvalue weighted by Crippen LogP contribution is -2.41. The highest BCUT2D eigenvalue weighted by atomic mass is 16.2. The fourth-order valence-electron chi connectivity index (χ4n) is 5.28. The number of hydrogen-bond donors (Lipinski definition) is 1. The molecule has 0 spiro atoms. The van der Waals surface area contributed by atoms with Crippen molar-refractivity contribution in [3.05, 3.63) is 107 Å². The summed E-state index contributed by atoms with van der Waals surface area (Å²) >= 11 is 0. The van der Waals surface area contributed by atoms with Gasteiger partial charge in [-0.05, 0) is 54.7 Å². The molecule has 176 valence electrons. The number of allylic oxidation sites excluding steroid dienone is 2. The summed E-state index contributed by atoms with van der Waals surface area (Å²) in [7, 11) is 0. The molecule has 2 amide bonds. The zero-order valence-electron chi connectivity index (χ0n) is 20.0. The van der Waals surface area contributed by atoms with E-state index in [1.165, 1.54) is 6.92 Å². The lowest BCUT2D eigenvalue weighted by atomic mass is 9.72. The summed E-state index contributed by atoms with van der Waals surface area (Å²) in [4.78, 5) is 40.4. The van der Waals surface area contributed by atoms with Crippen LogP contribution < -0.4 is 10.2 Å². The first-order valence-electron chi connectivity index (χ1n) is 12.0. The van der Waals surface area contributed by atoms with Gasteiger partial charge in [0, 0.05) is 48.3 Å². The monoisotopic (exact) mass is 464 g/mol. The molecule has 0 aromatic heterocycles. The van der Waals surface area contributed by atoms with Gasteiger partial charge < -0.3 is 5.32 Å². The summed E-state index contributed by atoms with van der Waals surface area (Å²) in [5.41, 5.74) is 6.18. The average molecular weight is 465 g/mol. The first-order valence-corrected chi connectivity index (χ1v) is 12.0. The van der Waals surface area contributed by atoms with Gasteiger partial charge in [0.05, 0.1) is 0 Å². The van der Waals surface area contributed by atoms with Crippen molar-refractivity contribution in [1.82, 2.24) is 0 Å². The third kappa shape index (κ3) is 4.54. The third-order valence-electron chi connectivity index (χ3n) is 6.93. The van der Waals surface area contributed by atoms with Gasteiger partial charge in [0.25, 0.3) is 0 Å². The standard InChI is InChI=1S/C30H28N2O3/c1-19-8-10-22(11-9-19)26-18-29(35)32(25-14-12-24(13-15-25)31-20(2)33)27-16-23(17-28(34)30(26)27)21-6-4-3-5-7-21/h3-15,23,26H,16-18H2,1-2H3,(H,31,33). The minimum atomic E-state index is -0.239. The van der Waals surface area contributed by atoms with Crippen LogP contribution in [0.4, 0.5) is 11.4 Å². The smallest absolute Gasteiger partial charge is 0.232 e. The Morgan fingerprint density at radius 3 is 2.17 bits per heavy atom. The Balaban J connectivity index is 1.60. The summed E-state index contributed by atoms with van der Waals surface area (Å²) in [5.74, 6) is -0.284. The van der Waals surface area contributed by atoms with Crippen LogP contribution in [0.5, 0.6) is 0 Å². The number of amides is 2. The second-order valence-corrected chi connectivity index (χ2v) is 9.42. The first kappa shape index (κ1) is 22.8. The molecule has 2 atom stereocenters. The maximum atomic E-state index is 13.7. The number of hydrogen-bond acceptors (Lipinski definition) is 3. The highest BCUT2D eigenvalue weighted by Crippen LogP contribution is 2.47. The van der Waals surface area contributed by atoms with Crippen LogP contribution in [0.3, 0.4) is 0 Å². The molecule has 1 aliphatic carbocycles. The molecule has 3 aromatic carbocycles. The number of nitrogens with zero attached hydrogens (tertiary/aromatic N) is 1. The molecular weight excluding hydrogens is 436 g/mol. The van der Waals surface area contributed by atoms with Crippen LogP contribution in [0.25, 0.3) is 0 Å². The van der Waals surface area contributed by atoms with Crippen LogP contribution >= 0.6 is 0 Å². The Bertz CT molecular complexity index is 1310. The molecule has 1 aliphatic heterocycles. The predicted octanol–water partition coefficient (Wildman–Crippen LogP) is 5.87. The van der Waals surface area contributed by atoms with Crippen molar-refractivity contribution < 1.29 is 14.4 Å². The second kappa shape index (κ2) is 9.34. The number of nitrogens with one attached hydrogen (secondary N) is 1. The largest absolute Gasteiger partial charge is 0.326 e. The van der Waals surface area contributed by atoms with Crippen LogP contribution in [0.2, 0.25) is 0 Å². The molecule has 1 N–H and O–H groups in total. The zero-order chi connectivity index (χ0) is 24.5. The van der Waals surface area contributed by atoms with Gasteiger partial charge in [-0.1, -0.05) is 60.2 Å². The Morgan fingerprint density at radius 1 is 0.829 bits per heavy atom. The van der Waals surface area contributed by atoms with Crippen molar-refractivity contribution in [2.24, 2.45) is 0 Å². The number of carbonyl (C=O) groups excluding carboxylic acids is 3. The molecule has 35 heavy (non-hydrogen) atoms. The van der Waals surface area contributed by atoms with Crippen molar-refractivity contribution >= 4 is 29.0 Å². The summed E-state index contributed by atoms with van der Waals surface area (Å²) in [5, 5.41) is 2.76. The molecule has 2 aliphatic rings. The molecule has 0 saturated carbocycles. The number of ketones is 1. The summed E-state index contributed by atoms with van der Waals surface area (Å²) in [6, 6.07) is 25.4. The summed E-state index contributed by atoms with van der Waals surface area (Å²) in [6.07, 6.45) is 1.30. The van der Waals surface area contributed by atoms with Crippen molar-refractivity contribution in [2.75, 3.05) is 10.2 Å². The van der Waals surface area contributed by atoms with Gasteiger partial charge in [-0.25, -0.2) is 0 Å². The van der Waals surface area contributed by atoms with Gasteiger partial charge in [0.2, 0.25) is 11.8 Å². The van der Waals surface area contributed by atoms with Crippen molar-refractivity contribution in [1.29, 1.82) is 0 Å². The van der Waals surface area contributed by atoms with Gasteiger partial charge in [0.15, 0.2) is 5.78 Å². The zero-order valence-corrected chi connectivity index (χ0v) is 20.0. The Morgan fingerprint density at radius 2 is 1.51 bits per heavy atom. The first-order chi connectivity index (χ1) is 16.9. The predicted molar refractivity (Wildman–Crippen MR) is 137 cm³/mol. The number of anilines is 2. The molecule has 0 saturated heterocycles. The molecule has 5 heteroatoms. The normalized spacial score (nSPS) is 20.0. The maximum absolute atomic E-state index is 13.7. The molecule has 5 rings (SSSR count). The van der Waals surface area contributed by atoms with Gasteiger partial charge >= 0.3 is 0 Å². The highest BCUT2D eigenvalue weighted by molar-refractivity contribution is 6.08. The van der Waals surface area contributed by atoms with Crippen LogP contribution in [0.1, 0.15) is 54.7 Å². The van der Waals surface area contributed by atoms with Crippen LogP contribution in [-0.4, -0.2) is 17.6 Å². The van der Waals surface area contributed by atoms with E-state index in [-0.39, 0.29) is 35.9 Å². The average Bonchev–Trinajstić information content (AvgIpc) is 2.85. The fraction of sp³-hybridized carbons (Fsp3) is 0.233. The molecule has 2 unspecified atom stereocenters. The van der Waals surface area contributed by atoms with E-state index in [4.69, 9.17) is 0 Å². The van der Waals surface area contributed by atoms with E-state index >= 15 is 0 Å². The van der Waals surface area contributed by atoms with Gasteiger partial charge in [-0.3, -0.25) is 19.3 Å². The fourth-order valence-corrected chi connectivity index (χ4v) is 5.28. The van der Waals surface area contributed by atoms with Gasteiger partial charge in [0.1, 0.15) is 0 Å². The van der Waals surface area contributed by atoms with Crippen LogP contribution in [0.15, 0.2) is 90.1 Å². The molecule has 0 radical (unpaired) electrons.